The molecule has 0 spiro atoms. The van der Waals surface area contributed by atoms with E-state index in [4.69, 9.17) is 24.1 Å². The molecule has 0 aliphatic heterocycles. The Morgan fingerprint density at radius 3 is 1.48 bits per heavy atom. The van der Waals surface area contributed by atoms with Crippen LogP contribution >= 0.6 is 0 Å². The van der Waals surface area contributed by atoms with E-state index < -0.39 is 71.2 Å². The molecule has 3 amide bonds. The van der Waals surface area contributed by atoms with Crippen LogP contribution < -0.4 is 34.9 Å². The third kappa shape index (κ3) is 12.6. The number of benzene rings is 1. The molecule has 5 N–H and O–H groups in total. The zero-order chi connectivity index (χ0) is 45.6. The van der Waals surface area contributed by atoms with E-state index >= 15 is 0 Å². The van der Waals surface area contributed by atoms with Crippen LogP contribution in [0.1, 0.15) is 61.4 Å². The van der Waals surface area contributed by atoms with Gasteiger partial charge in [0, 0.05) is 6.07 Å². The molecule has 4 aromatic heterocycles. The van der Waals surface area contributed by atoms with Gasteiger partial charge in [0.1, 0.15) is 40.8 Å². The fourth-order valence-electron chi connectivity index (χ4n) is 5.00. The van der Waals surface area contributed by atoms with Crippen molar-refractivity contribution >= 4 is 58.4 Å². The molecule has 5 rings (SSSR count). The van der Waals surface area contributed by atoms with E-state index in [1.165, 1.54) is 30.3 Å². The van der Waals surface area contributed by atoms with Gasteiger partial charge in [-0.1, -0.05) is 44.2 Å². The Hall–Kier alpha value is -8.76. The average molecular weight is 869 g/mol. The average Bonchev–Trinajstić information content (AvgIpc) is 3.26. The van der Waals surface area contributed by atoms with Gasteiger partial charge in [-0.3, -0.25) is 24.5 Å². The highest BCUT2D eigenvalue weighted by Crippen LogP contribution is 2.30. The molecule has 0 saturated carbocycles. The zero-order valence-electron chi connectivity index (χ0n) is 33.3. The zero-order valence-corrected chi connectivity index (χ0v) is 33.3. The highest BCUT2D eigenvalue weighted by atomic mass is 16.6. The molecule has 1 aromatic carbocycles. The van der Waals surface area contributed by atoms with Gasteiger partial charge in [0.15, 0.2) is 18.9 Å². The monoisotopic (exact) mass is 868 g/mol. The number of amides is 3. The number of carboxylic acid groups (broad SMARTS) is 2. The van der Waals surface area contributed by atoms with Gasteiger partial charge in [0.25, 0.3) is 23.6 Å². The lowest BCUT2D eigenvalue weighted by Crippen LogP contribution is -2.20. The maximum Gasteiger partial charge on any atom is 0.356 e. The first-order chi connectivity index (χ1) is 30.1. The number of hydrogen-bond acceptors (Lipinski definition) is 17. The summed E-state index contributed by atoms with van der Waals surface area (Å²) in [5, 5.41) is 37.4. The first-order valence-electron chi connectivity index (χ1n) is 18.3. The number of aromatic nitrogens is 4. The first-order valence-corrected chi connectivity index (χ1v) is 18.3. The third-order valence-electron chi connectivity index (χ3n) is 7.89. The predicted octanol–water partition coefficient (Wildman–Crippen LogP) is 4.26. The van der Waals surface area contributed by atoms with Crippen LogP contribution in [0.5, 0.6) is 23.5 Å². The van der Waals surface area contributed by atoms with Crippen LogP contribution in [0.2, 0.25) is 0 Å². The standard InChI is InChI=1S/C40H36N8O15/c1-21(2)17-60-39-30(48(57)58)16-15-25(46-39)35(55)41-26-11-9-23(44-36(26)61-18-22-7-5-4-6-8-22)33(53)42-27-12-10-24(45-37(27)62-19-31(49)50)34(54)43-28-13-14-29(40(56)59-3)47-38(28)63-20-32(51)52/h4-16,21H,17-20H2,1-3H3,(H,41,55)(H,42,53)(H,43,54)(H,49,50)(H,51,52). The molecule has 0 radical (unpaired) electrons. The fourth-order valence-corrected chi connectivity index (χ4v) is 5.00. The van der Waals surface area contributed by atoms with E-state index in [2.05, 4.69) is 40.6 Å². The topological polar surface area (TPSA) is 320 Å². The number of anilines is 3. The van der Waals surface area contributed by atoms with Crippen LogP contribution in [0.25, 0.3) is 0 Å². The Morgan fingerprint density at radius 1 is 0.603 bits per heavy atom. The number of carbonyl (C=O) groups excluding carboxylic acids is 4. The quantitative estimate of drug-likeness (QED) is 0.0414. The molecule has 0 saturated heterocycles. The van der Waals surface area contributed by atoms with E-state index in [0.717, 1.165) is 25.3 Å². The van der Waals surface area contributed by atoms with Crippen molar-refractivity contribution in [1.29, 1.82) is 0 Å². The first kappa shape index (κ1) is 45.3. The summed E-state index contributed by atoms with van der Waals surface area (Å²) < 4.78 is 26.5. The Morgan fingerprint density at radius 2 is 1.03 bits per heavy atom. The Labute approximate surface area is 355 Å². The highest BCUT2D eigenvalue weighted by molar-refractivity contribution is 6.07. The minimum absolute atomic E-state index is 0.00524. The molecule has 23 heteroatoms. The van der Waals surface area contributed by atoms with Gasteiger partial charge in [0.05, 0.1) is 18.6 Å². The number of pyridine rings is 4. The number of aliphatic carboxylic acids is 2. The summed E-state index contributed by atoms with van der Waals surface area (Å²) in [4.78, 5) is 102. The molecule has 63 heavy (non-hydrogen) atoms. The van der Waals surface area contributed by atoms with Gasteiger partial charge >= 0.3 is 23.6 Å². The number of methoxy groups -OCH3 is 1. The van der Waals surface area contributed by atoms with Crippen LogP contribution in [-0.4, -0.2) is 97.6 Å². The molecule has 0 bridgehead atoms. The molecule has 0 aliphatic rings. The SMILES string of the molecule is COC(=O)c1ccc(NC(=O)c2ccc(NC(=O)c3ccc(NC(=O)c4ccc([N+](=O)[O-])c(OCC(C)C)n4)c(OCc4ccccc4)n3)c(OCC(=O)O)n2)c(OCC(=O)O)n1. The molecule has 0 fully saturated rings. The van der Waals surface area contributed by atoms with E-state index in [1.54, 1.807) is 30.3 Å². The molecule has 5 aromatic rings. The Balaban J connectivity index is 1.41. The third-order valence-corrected chi connectivity index (χ3v) is 7.89. The molecule has 0 atom stereocenters. The van der Waals surface area contributed by atoms with Crippen molar-refractivity contribution < 1.29 is 67.6 Å². The van der Waals surface area contributed by atoms with Crippen LogP contribution in [-0.2, 0) is 20.9 Å². The Bertz CT molecular complexity index is 2550. The molecule has 0 unspecified atom stereocenters. The Kier molecular flexibility index (Phi) is 15.1. The number of nitrogens with one attached hydrogen (secondary N) is 3. The summed E-state index contributed by atoms with van der Waals surface area (Å²) in [6.07, 6.45) is 0. The number of nitro groups is 1. The molecule has 23 nitrogen and oxygen atoms in total. The van der Waals surface area contributed by atoms with E-state index in [0.29, 0.717) is 5.56 Å². The van der Waals surface area contributed by atoms with Crippen molar-refractivity contribution in [3.63, 3.8) is 0 Å². The summed E-state index contributed by atoms with van der Waals surface area (Å²) in [5.74, 6) is -7.93. The van der Waals surface area contributed by atoms with Crippen molar-refractivity contribution in [3.8, 4) is 23.5 Å². The lowest BCUT2D eigenvalue weighted by molar-refractivity contribution is -0.386. The summed E-state index contributed by atoms with van der Waals surface area (Å²) in [6, 6.07) is 18.2. The van der Waals surface area contributed by atoms with Crippen molar-refractivity contribution in [2.24, 2.45) is 5.92 Å². The molecule has 4 heterocycles. The largest absolute Gasteiger partial charge is 0.479 e. The summed E-state index contributed by atoms with van der Waals surface area (Å²) in [5.41, 5.74) is -1.32. The molecule has 326 valence electrons. The highest BCUT2D eigenvalue weighted by Gasteiger charge is 2.24. The summed E-state index contributed by atoms with van der Waals surface area (Å²) >= 11 is 0. The number of carboxylic acids is 2. The molecular formula is C40H36N8O15. The minimum atomic E-state index is -1.43. The lowest BCUT2D eigenvalue weighted by atomic mass is 10.2. The number of ether oxygens (including phenoxy) is 5. The minimum Gasteiger partial charge on any atom is -0.479 e. The number of rotatable bonds is 20. The summed E-state index contributed by atoms with van der Waals surface area (Å²) in [6.45, 7) is 1.84. The maximum atomic E-state index is 13.7. The number of carbonyl (C=O) groups is 6. The van der Waals surface area contributed by atoms with E-state index in [-0.39, 0.29) is 70.7 Å². The van der Waals surface area contributed by atoms with E-state index in [1.807, 2.05) is 13.8 Å². The second-order valence-electron chi connectivity index (χ2n) is 13.1. The summed E-state index contributed by atoms with van der Waals surface area (Å²) in [7, 11) is 1.10. The second kappa shape index (κ2) is 21.0. The van der Waals surface area contributed by atoms with Crippen LogP contribution in [0.15, 0.2) is 78.9 Å². The van der Waals surface area contributed by atoms with Crippen LogP contribution in [0, 0.1) is 16.0 Å². The van der Waals surface area contributed by atoms with Crippen molar-refractivity contribution in [2.45, 2.75) is 20.5 Å². The van der Waals surface area contributed by atoms with Gasteiger partial charge in [-0.2, -0.15) is 0 Å². The second-order valence-corrected chi connectivity index (χ2v) is 13.1. The van der Waals surface area contributed by atoms with Gasteiger partial charge in [-0.25, -0.2) is 34.3 Å². The van der Waals surface area contributed by atoms with Crippen molar-refractivity contribution in [2.75, 3.05) is 42.9 Å². The number of esters is 1. The van der Waals surface area contributed by atoms with Gasteiger partial charge in [-0.05, 0) is 53.9 Å². The number of hydrogen-bond donors (Lipinski definition) is 5. The normalized spacial score (nSPS) is 10.5. The van der Waals surface area contributed by atoms with Gasteiger partial charge < -0.3 is 49.8 Å². The fraction of sp³-hybridized carbons (Fsp3) is 0.200. The van der Waals surface area contributed by atoms with Gasteiger partial charge in [0.2, 0.25) is 17.6 Å². The van der Waals surface area contributed by atoms with Crippen LogP contribution in [0.4, 0.5) is 22.7 Å². The van der Waals surface area contributed by atoms with E-state index in [9.17, 15) is 44.0 Å². The predicted molar refractivity (Wildman–Crippen MR) is 216 cm³/mol. The van der Waals surface area contributed by atoms with Crippen molar-refractivity contribution in [3.05, 3.63) is 117 Å². The van der Waals surface area contributed by atoms with Gasteiger partial charge in [-0.15, -0.1) is 0 Å². The molecular weight excluding hydrogens is 832 g/mol. The molecule has 0 aliphatic carbocycles. The lowest BCUT2D eigenvalue weighted by Gasteiger charge is -2.15. The van der Waals surface area contributed by atoms with Crippen molar-refractivity contribution in [1.82, 2.24) is 19.9 Å². The smallest absolute Gasteiger partial charge is 0.356 e. The maximum absolute atomic E-state index is 13.7. The van der Waals surface area contributed by atoms with Crippen LogP contribution in [0.3, 0.4) is 0 Å². The number of nitrogens with zero attached hydrogens (tertiary/aromatic N) is 5.